The number of nitrogens with one attached hydrogen (secondary N) is 1. The normalized spacial score (nSPS) is 18.7. The van der Waals surface area contributed by atoms with Gasteiger partial charge in [0.1, 0.15) is 24.4 Å². The van der Waals surface area contributed by atoms with Gasteiger partial charge in [0.15, 0.2) is 6.29 Å². The molecule has 1 aliphatic rings. The molecule has 9 heteroatoms. The van der Waals surface area contributed by atoms with Gasteiger partial charge in [0.05, 0.1) is 25.4 Å². The van der Waals surface area contributed by atoms with E-state index in [0.29, 0.717) is 6.42 Å². The molecule has 9 nitrogen and oxygen atoms in total. The van der Waals surface area contributed by atoms with Crippen LogP contribution in [0, 0.1) is 0 Å². The highest BCUT2D eigenvalue weighted by Gasteiger charge is 2.44. The molecule has 0 aromatic heterocycles. The van der Waals surface area contributed by atoms with Crippen molar-refractivity contribution < 1.29 is 39.8 Å². The van der Waals surface area contributed by atoms with E-state index in [-0.39, 0.29) is 12.5 Å². The molecule has 0 saturated carbocycles. The molecule has 1 saturated heterocycles. The van der Waals surface area contributed by atoms with E-state index >= 15 is 0 Å². The van der Waals surface area contributed by atoms with E-state index in [1.54, 1.807) is 6.08 Å². The number of hydrogen-bond donors (Lipinski definition) is 6. The maximum absolute atomic E-state index is 13.1. The van der Waals surface area contributed by atoms with Crippen molar-refractivity contribution in [3.05, 3.63) is 12.2 Å². The lowest BCUT2D eigenvalue weighted by atomic mass is 9.99. The Balaban J connectivity index is 2.04. The second-order valence-corrected chi connectivity index (χ2v) is 24.3. The van der Waals surface area contributed by atoms with Crippen LogP contribution in [-0.2, 0) is 14.3 Å². The number of hydrogen-bond acceptors (Lipinski definition) is 8. The number of amides is 1. The molecule has 0 spiro atoms. The van der Waals surface area contributed by atoms with Crippen molar-refractivity contribution in [2.75, 3.05) is 13.2 Å². The average molecular weight is 1090 g/mol. The summed E-state index contributed by atoms with van der Waals surface area (Å²) in [5, 5.41) is 54.6. The summed E-state index contributed by atoms with van der Waals surface area (Å²) >= 11 is 0. The van der Waals surface area contributed by atoms with Gasteiger partial charge >= 0.3 is 0 Å². The standard InChI is InChI=1S/C68H133NO8/c1-3-5-7-9-11-13-15-17-19-21-22-23-24-25-26-27-28-29-30-31-32-33-34-35-36-37-38-39-40-42-44-46-48-50-52-54-56-58-64(72)69-61(60-76-68-67(75)66(74)65(73)63(59-70)77-68)62(71)57-55-53-51-49-47-45-43-41-20-18-16-14-12-10-8-6-4-2/h55,57,61-63,65-68,70-71,73-75H,3-54,56,58-60H2,1-2H3,(H,69,72)/b57-55+. The fourth-order valence-corrected chi connectivity index (χ4v) is 11.5. The van der Waals surface area contributed by atoms with Crippen LogP contribution in [0.4, 0.5) is 0 Å². The van der Waals surface area contributed by atoms with Crippen molar-refractivity contribution in [2.45, 2.75) is 403 Å². The first-order valence-electron chi connectivity index (χ1n) is 34.4. The minimum absolute atomic E-state index is 0.168. The highest BCUT2D eigenvalue weighted by molar-refractivity contribution is 5.76. The van der Waals surface area contributed by atoms with Crippen LogP contribution in [0.5, 0.6) is 0 Å². The maximum Gasteiger partial charge on any atom is 0.220 e. The Morgan fingerprint density at radius 1 is 0.429 bits per heavy atom. The van der Waals surface area contributed by atoms with E-state index in [1.807, 2.05) is 6.08 Å². The predicted octanol–water partition coefficient (Wildman–Crippen LogP) is 18.3. The zero-order chi connectivity index (χ0) is 55.8. The summed E-state index contributed by atoms with van der Waals surface area (Å²) in [4.78, 5) is 13.1. The molecule has 7 atom stereocenters. The third kappa shape index (κ3) is 47.2. The van der Waals surface area contributed by atoms with Gasteiger partial charge in [0, 0.05) is 6.42 Å². The molecule has 0 aliphatic carbocycles. The van der Waals surface area contributed by atoms with E-state index in [9.17, 15) is 30.3 Å². The third-order valence-corrected chi connectivity index (χ3v) is 16.9. The lowest BCUT2D eigenvalue weighted by molar-refractivity contribution is -0.302. The van der Waals surface area contributed by atoms with Crippen molar-refractivity contribution in [1.29, 1.82) is 0 Å². The Morgan fingerprint density at radius 3 is 1.01 bits per heavy atom. The minimum Gasteiger partial charge on any atom is -0.394 e. The minimum atomic E-state index is -1.56. The van der Waals surface area contributed by atoms with E-state index in [2.05, 4.69) is 19.2 Å². The molecule has 0 aromatic rings. The van der Waals surface area contributed by atoms with E-state index in [1.165, 1.54) is 302 Å². The van der Waals surface area contributed by atoms with Gasteiger partial charge in [-0.05, 0) is 19.3 Å². The van der Waals surface area contributed by atoms with Crippen molar-refractivity contribution in [3.63, 3.8) is 0 Å². The first-order chi connectivity index (χ1) is 37.8. The van der Waals surface area contributed by atoms with Crippen molar-refractivity contribution >= 4 is 5.91 Å². The Labute approximate surface area is 477 Å². The number of carbonyl (C=O) groups excluding carboxylic acids is 1. The molecular weight excluding hydrogens is 959 g/mol. The van der Waals surface area contributed by atoms with Crippen LogP contribution in [0.15, 0.2) is 12.2 Å². The average Bonchev–Trinajstić information content (AvgIpc) is 3.43. The zero-order valence-corrected chi connectivity index (χ0v) is 51.3. The molecule has 0 radical (unpaired) electrons. The summed E-state index contributed by atoms with van der Waals surface area (Å²) in [5.74, 6) is -0.168. The highest BCUT2D eigenvalue weighted by Crippen LogP contribution is 2.24. The number of aliphatic hydroxyl groups is 5. The van der Waals surface area contributed by atoms with Crippen LogP contribution in [0.1, 0.15) is 361 Å². The molecular formula is C68H133NO8. The second-order valence-electron chi connectivity index (χ2n) is 24.3. The molecule has 0 aromatic carbocycles. The second kappa shape index (κ2) is 58.1. The summed E-state index contributed by atoms with van der Waals surface area (Å²) in [5.41, 5.74) is 0. The van der Waals surface area contributed by atoms with Gasteiger partial charge in [0.2, 0.25) is 5.91 Å². The monoisotopic (exact) mass is 1090 g/mol. The van der Waals surface area contributed by atoms with Crippen LogP contribution in [0.3, 0.4) is 0 Å². The fourth-order valence-electron chi connectivity index (χ4n) is 11.5. The van der Waals surface area contributed by atoms with Gasteiger partial charge < -0.3 is 40.3 Å². The molecule has 1 amide bonds. The summed E-state index contributed by atoms with van der Waals surface area (Å²) in [6.45, 7) is 3.83. The van der Waals surface area contributed by atoms with Crippen LogP contribution < -0.4 is 5.32 Å². The van der Waals surface area contributed by atoms with E-state index < -0.39 is 49.5 Å². The highest BCUT2D eigenvalue weighted by atomic mass is 16.7. The lowest BCUT2D eigenvalue weighted by Crippen LogP contribution is -2.60. The summed E-state index contributed by atoms with van der Waals surface area (Å²) in [7, 11) is 0. The number of unbranched alkanes of at least 4 members (excludes halogenated alkanes) is 51. The Bertz CT molecular complexity index is 1220. The molecule has 6 N–H and O–H groups in total. The van der Waals surface area contributed by atoms with Gasteiger partial charge in [-0.1, -0.05) is 347 Å². The molecule has 458 valence electrons. The molecule has 1 heterocycles. The van der Waals surface area contributed by atoms with Crippen molar-refractivity contribution in [3.8, 4) is 0 Å². The smallest absolute Gasteiger partial charge is 0.220 e. The van der Waals surface area contributed by atoms with Gasteiger partial charge in [-0.15, -0.1) is 0 Å². The Kier molecular flexibility index (Phi) is 55.8. The number of allylic oxidation sites excluding steroid dienone is 1. The number of rotatable bonds is 61. The Hall–Kier alpha value is -1.07. The topological polar surface area (TPSA) is 149 Å². The number of aliphatic hydroxyl groups excluding tert-OH is 5. The Morgan fingerprint density at radius 2 is 0.714 bits per heavy atom. The first-order valence-corrected chi connectivity index (χ1v) is 34.4. The molecule has 77 heavy (non-hydrogen) atoms. The van der Waals surface area contributed by atoms with Crippen LogP contribution in [0.2, 0.25) is 0 Å². The van der Waals surface area contributed by atoms with E-state index in [4.69, 9.17) is 9.47 Å². The first kappa shape index (κ1) is 73.9. The van der Waals surface area contributed by atoms with Gasteiger partial charge in [-0.3, -0.25) is 4.79 Å². The molecule has 1 fully saturated rings. The SMILES string of the molecule is CCCCCCCCCCCCCCCCC/C=C/C(O)C(COC1OC(CO)C(O)C(O)C1O)NC(=O)CCCCCCCCCCCCCCCCCCCCCCCCCCCCCCCCCCCCCCC. The quantitative estimate of drug-likeness (QED) is 0.0261. The molecule has 7 unspecified atom stereocenters. The van der Waals surface area contributed by atoms with Crippen LogP contribution >= 0.6 is 0 Å². The molecule has 1 aliphatic heterocycles. The summed E-state index contributed by atoms with van der Waals surface area (Å²) in [6, 6.07) is -0.801. The number of ether oxygens (including phenoxy) is 2. The summed E-state index contributed by atoms with van der Waals surface area (Å²) in [6.07, 6.45) is 67.6. The lowest BCUT2D eigenvalue weighted by Gasteiger charge is -2.40. The fraction of sp³-hybridized carbons (Fsp3) is 0.956. The zero-order valence-electron chi connectivity index (χ0n) is 51.3. The largest absolute Gasteiger partial charge is 0.394 e. The van der Waals surface area contributed by atoms with E-state index in [0.717, 1.165) is 38.5 Å². The van der Waals surface area contributed by atoms with Gasteiger partial charge in [0.25, 0.3) is 0 Å². The predicted molar refractivity (Wildman–Crippen MR) is 327 cm³/mol. The van der Waals surface area contributed by atoms with Gasteiger partial charge in [-0.2, -0.15) is 0 Å². The van der Waals surface area contributed by atoms with Crippen molar-refractivity contribution in [1.82, 2.24) is 5.32 Å². The van der Waals surface area contributed by atoms with Crippen LogP contribution in [0.25, 0.3) is 0 Å². The molecule has 0 bridgehead atoms. The van der Waals surface area contributed by atoms with Crippen LogP contribution in [-0.4, -0.2) is 87.5 Å². The third-order valence-electron chi connectivity index (χ3n) is 16.9. The summed E-state index contributed by atoms with van der Waals surface area (Å²) < 4.78 is 11.3. The van der Waals surface area contributed by atoms with Crippen molar-refractivity contribution in [2.24, 2.45) is 0 Å². The maximum atomic E-state index is 13.1. The van der Waals surface area contributed by atoms with Gasteiger partial charge in [-0.25, -0.2) is 0 Å². The number of carbonyl (C=O) groups is 1. The molecule has 1 rings (SSSR count).